The van der Waals surface area contributed by atoms with Crippen molar-refractivity contribution in [2.24, 2.45) is 0 Å². The van der Waals surface area contributed by atoms with Gasteiger partial charge in [-0.2, -0.15) is 13.2 Å². The van der Waals surface area contributed by atoms with Crippen molar-refractivity contribution in [1.82, 2.24) is 10.2 Å². The fraction of sp³-hybridized carbons (Fsp3) is 0.667. The van der Waals surface area contributed by atoms with Gasteiger partial charge in [0.25, 0.3) is 0 Å². The molecule has 1 saturated heterocycles. The van der Waals surface area contributed by atoms with E-state index in [1.807, 2.05) is 11.9 Å². The number of ether oxygens (including phenoxy) is 1. The Morgan fingerprint density at radius 3 is 2.43 bits per heavy atom. The Bertz CT molecular complexity index is 374. The van der Waals surface area contributed by atoms with E-state index in [1.54, 1.807) is 13.1 Å². The molecule has 0 bridgehead atoms. The first-order valence-electron chi connectivity index (χ1n) is 6.07. The fourth-order valence-electron chi connectivity index (χ4n) is 1.75. The highest BCUT2D eigenvalue weighted by atomic mass is 19.4. The molecule has 0 saturated carbocycles. The molecule has 9 heteroatoms. The van der Waals surface area contributed by atoms with Crippen LogP contribution in [0.15, 0.2) is 12.7 Å². The number of nitrogens with one attached hydrogen (secondary N) is 1. The van der Waals surface area contributed by atoms with Crippen LogP contribution in [0.4, 0.5) is 13.2 Å². The summed E-state index contributed by atoms with van der Waals surface area (Å²) < 4.78 is 37.2. The van der Waals surface area contributed by atoms with Gasteiger partial charge < -0.3 is 15.2 Å². The SMILES string of the molecule is C=CCO[C@@H]1C[C@@H](C(=O)NC)N(C)C1.O=C(O)C(F)(F)F. The highest BCUT2D eigenvalue weighted by Gasteiger charge is 2.38. The minimum absolute atomic E-state index is 0.0465. The van der Waals surface area contributed by atoms with Gasteiger partial charge in [0, 0.05) is 13.6 Å². The first kappa shape index (κ1) is 19.4. The summed E-state index contributed by atoms with van der Waals surface area (Å²) >= 11 is 0. The van der Waals surface area contributed by atoms with Gasteiger partial charge in [-0.05, 0) is 13.5 Å². The average molecular weight is 312 g/mol. The smallest absolute Gasteiger partial charge is 0.475 e. The van der Waals surface area contributed by atoms with Crippen molar-refractivity contribution in [2.45, 2.75) is 24.7 Å². The van der Waals surface area contributed by atoms with Gasteiger partial charge in [-0.3, -0.25) is 9.69 Å². The fourth-order valence-corrected chi connectivity index (χ4v) is 1.75. The second-order valence-electron chi connectivity index (χ2n) is 4.35. The number of aliphatic carboxylic acids is 1. The van der Waals surface area contributed by atoms with Gasteiger partial charge in [0.2, 0.25) is 5.91 Å². The molecule has 0 aromatic carbocycles. The quantitative estimate of drug-likeness (QED) is 0.745. The molecule has 0 spiro atoms. The molecule has 1 amide bonds. The van der Waals surface area contributed by atoms with Crippen LogP contribution >= 0.6 is 0 Å². The van der Waals surface area contributed by atoms with Gasteiger partial charge in [0.15, 0.2) is 0 Å². The van der Waals surface area contributed by atoms with Crippen LogP contribution in [0.2, 0.25) is 0 Å². The molecule has 122 valence electrons. The first-order valence-corrected chi connectivity index (χ1v) is 6.07. The molecule has 2 atom stereocenters. The summed E-state index contributed by atoms with van der Waals surface area (Å²) in [7, 11) is 3.60. The lowest BCUT2D eigenvalue weighted by Gasteiger charge is -2.16. The summed E-state index contributed by atoms with van der Waals surface area (Å²) in [5, 5.41) is 9.78. The number of rotatable bonds is 4. The van der Waals surface area contributed by atoms with Gasteiger partial charge in [0.1, 0.15) is 0 Å². The zero-order valence-corrected chi connectivity index (χ0v) is 11.8. The molecule has 1 aliphatic heterocycles. The summed E-state index contributed by atoms with van der Waals surface area (Å²) in [6.07, 6.45) is -2.43. The molecular formula is C12H19F3N2O4. The van der Waals surface area contributed by atoms with Crippen LogP contribution < -0.4 is 5.32 Å². The number of hydrogen-bond donors (Lipinski definition) is 2. The number of likely N-dealkylation sites (tertiary alicyclic amines) is 1. The van der Waals surface area contributed by atoms with Crippen molar-refractivity contribution < 1.29 is 32.6 Å². The minimum atomic E-state index is -5.08. The molecule has 0 radical (unpaired) electrons. The minimum Gasteiger partial charge on any atom is -0.475 e. The Morgan fingerprint density at radius 2 is 2.05 bits per heavy atom. The van der Waals surface area contributed by atoms with Crippen LogP contribution in [0.1, 0.15) is 6.42 Å². The van der Waals surface area contributed by atoms with Crippen LogP contribution in [0.3, 0.4) is 0 Å². The van der Waals surface area contributed by atoms with E-state index in [4.69, 9.17) is 14.6 Å². The third-order valence-corrected chi connectivity index (χ3v) is 2.75. The molecule has 1 heterocycles. The molecule has 21 heavy (non-hydrogen) atoms. The van der Waals surface area contributed by atoms with Crippen molar-refractivity contribution >= 4 is 11.9 Å². The number of carboxylic acids is 1. The lowest BCUT2D eigenvalue weighted by Crippen LogP contribution is -2.39. The Hall–Kier alpha value is -1.61. The van der Waals surface area contributed by atoms with E-state index in [0.717, 1.165) is 13.0 Å². The molecule has 1 rings (SSSR count). The number of halogens is 3. The van der Waals surface area contributed by atoms with E-state index in [2.05, 4.69) is 11.9 Å². The van der Waals surface area contributed by atoms with Gasteiger partial charge in [-0.1, -0.05) is 6.08 Å². The molecule has 0 aromatic rings. The summed E-state index contributed by atoms with van der Waals surface area (Å²) in [5.41, 5.74) is 0. The van der Waals surface area contributed by atoms with E-state index in [9.17, 15) is 18.0 Å². The van der Waals surface area contributed by atoms with Crippen molar-refractivity contribution in [1.29, 1.82) is 0 Å². The molecule has 6 nitrogen and oxygen atoms in total. The zero-order valence-electron chi connectivity index (χ0n) is 11.8. The number of carbonyl (C=O) groups is 2. The van der Waals surface area contributed by atoms with Crippen molar-refractivity contribution in [3.63, 3.8) is 0 Å². The summed E-state index contributed by atoms with van der Waals surface area (Å²) in [5.74, 6) is -2.69. The van der Waals surface area contributed by atoms with Crippen LogP contribution in [0.5, 0.6) is 0 Å². The molecular weight excluding hydrogens is 293 g/mol. The van der Waals surface area contributed by atoms with E-state index in [1.165, 1.54) is 0 Å². The third kappa shape index (κ3) is 7.09. The maximum absolute atomic E-state index is 11.4. The van der Waals surface area contributed by atoms with Crippen molar-refractivity contribution in [2.75, 3.05) is 27.2 Å². The second kappa shape index (κ2) is 8.63. The normalized spacial score (nSPS) is 22.1. The molecule has 0 unspecified atom stereocenters. The number of hydrogen-bond acceptors (Lipinski definition) is 4. The number of carboxylic acid groups (broad SMARTS) is 1. The highest BCUT2D eigenvalue weighted by Crippen LogP contribution is 2.18. The van der Waals surface area contributed by atoms with Gasteiger partial charge >= 0.3 is 12.1 Å². The number of alkyl halides is 3. The van der Waals surface area contributed by atoms with Crippen molar-refractivity contribution in [3.05, 3.63) is 12.7 Å². The highest BCUT2D eigenvalue weighted by molar-refractivity contribution is 5.81. The van der Waals surface area contributed by atoms with Crippen LogP contribution in [0, 0.1) is 0 Å². The van der Waals surface area contributed by atoms with Gasteiger partial charge in [0.05, 0.1) is 18.8 Å². The standard InChI is InChI=1S/C10H18N2O2.C2HF3O2/c1-4-5-14-8-6-9(10(13)11-2)12(3)7-8;3-2(4,5)1(6)7/h4,8-9H,1,5-7H2,2-3H3,(H,11,13);(H,6,7)/t8-,9+;/m1./s1. The monoisotopic (exact) mass is 312 g/mol. The summed E-state index contributed by atoms with van der Waals surface area (Å²) in [6, 6.07) is -0.0465. The van der Waals surface area contributed by atoms with Crippen LogP contribution in [-0.4, -0.2) is 67.5 Å². The Balaban J connectivity index is 0.000000486. The maximum Gasteiger partial charge on any atom is 0.490 e. The van der Waals surface area contributed by atoms with E-state index >= 15 is 0 Å². The molecule has 0 aromatic heterocycles. The number of likely N-dealkylation sites (N-methyl/N-ethyl adjacent to an activating group) is 2. The topological polar surface area (TPSA) is 78.9 Å². The Labute approximate surface area is 120 Å². The van der Waals surface area contributed by atoms with E-state index in [0.29, 0.717) is 6.61 Å². The molecule has 1 fully saturated rings. The number of nitrogens with zero attached hydrogens (tertiary/aromatic N) is 1. The molecule has 2 N–H and O–H groups in total. The zero-order chi connectivity index (χ0) is 16.6. The third-order valence-electron chi connectivity index (χ3n) is 2.75. The van der Waals surface area contributed by atoms with E-state index < -0.39 is 12.1 Å². The lowest BCUT2D eigenvalue weighted by molar-refractivity contribution is -0.192. The predicted octanol–water partition coefficient (Wildman–Crippen LogP) is 0.641. The van der Waals surface area contributed by atoms with E-state index in [-0.39, 0.29) is 18.1 Å². The van der Waals surface area contributed by atoms with Crippen molar-refractivity contribution in [3.8, 4) is 0 Å². The summed E-state index contributed by atoms with van der Waals surface area (Å²) in [6.45, 7) is 4.96. The van der Waals surface area contributed by atoms with Gasteiger partial charge in [-0.15, -0.1) is 6.58 Å². The predicted molar refractivity (Wildman–Crippen MR) is 68.7 cm³/mol. The second-order valence-corrected chi connectivity index (χ2v) is 4.35. The molecule has 1 aliphatic rings. The lowest BCUT2D eigenvalue weighted by atomic mass is 10.2. The number of carbonyl (C=O) groups excluding carboxylic acids is 1. The Kier molecular flexibility index (Phi) is 7.97. The largest absolute Gasteiger partial charge is 0.490 e. The van der Waals surface area contributed by atoms with Crippen LogP contribution in [0.25, 0.3) is 0 Å². The first-order chi connectivity index (χ1) is 9.63. The average Bonchev–Trinajstić information content (AvgIpc) is 2.76. The maximum atomic E-state index is 11.4. The molecule has 0 aliphatic carbocycles. The van der Waals surface area contributed by atoms with Gasteiger partial charge in [-0.25, -0.2) is 4.79 Å². The Morgan fingerprint density at radius 1 is 1.52 bits per heavy atom. The summed E-state index contributed by atoms with van der Waals surface area (Å²) in [4.78, 5) is 22.3. The number of amides is 1. The van der Waals surface area contributed by atoms with Crippen LogP contribution in [-0.2, 0) is 14.3 Å².